The predicted molar refractivity (Wildman–Crippen MR) is 44.1 cm³/mol. The summed E-state index contributed by atoms with van der Waals surface area (Å²) in [5.74, 6) is 0. The average molecular weight is 180 g/mol. The first kappa shape index (κ1) is 12.1. The van der Waals surface area contributed by atoms with Crippen LogP contribution in [0.1, 0.15) is 10.4 Å². The largest absolute Gasteiger partial charge is 0.298 e. The molecule has 0 bridgehead atoms. The van der Waals surface area contributed by atoms with Crippen molar-refractivity contribution in [2.75, 3.05) is 0 Å². The van der Waals surface area contributed by atoms with Crippen LogP contribution < -0.4 is 0 Å². The van der Waals surface area contributed by atoms with Crippen LogP contribution in [0, 0.1) is 0 Å². The van der Waals surface area contributed by atoms with Gasteiger partial charge in [0, 0.05) is 18.0 Å². The standard InChI is InChI=1S/C6H5NO.2ClH/c8-5-6-1-3-7-4-2-6;;/h1-5H;2*1H. The molecule has 0 unspecified atom stereocenters. The van der Waals surface area contributed by atoms with E-state index in [2.05, 4.69) is 4.98 Å². The molecule has 0 aliphatic heterocycles. The Kier molecular flexibility index (Phi) is 7.90. The summed E-state index contributed by atoms with van der Waals surface area (Å²) < 4.78 is 0. The van der Waals surface area contributed by atoms with Crippen molar-refractivity contribution in [1.82, 2.24) is 4.98 Å². The van der Waals surface area contributed by atoms with E-state index in [0.29, 0.717) is 5.56 Å². The van der Waals surface area contributed by atoms with Crippen LogP contribution in [0.15, 0.2) is 24.5 Å². The maximum absolute atomic E-state index is 9.98. The van der Waals surface area contributed by atoms with Gasteiger partial charge in [0.1, 0.15) is 6.29 Å². The molecule has 0 spiro atoms. The minimum Gasteiger partial charge on any atom is -0.298 e. The number of carbonyl (C=O) groups is 1. The molecule has 0 aliphatic rings. The Morgan fingerprint density at radius 1 is 1.20 bits per heavy atom. The lowest BCUT2D eigenvalue weighted by molar-refractivity contribution is 0.112. The van der Waals surface area contributed by atoms with Crippen LogP contribution in [0.4, 0.5) is 0 Å². The Bertz CT molecular complexity index is 178. The molecule has 0 atom stereocenters. The summed E-state index contributed by atoms with van der Waals surface area (Å²) in [5.41, 5.74) is 0.667. The molecule has 0 N–H and O–H groups in total. The van der Waals surface area contributed by atoms with E-state index in [1.54, 1.807) is 24.5 Å². The topological polar surface area (TPSA) is 30.0 Å². The van der Waals surface area contributed by atoms with Crippen molar-refractivity contribution >= 4 is 31.1 Å². The van der Waals surface area contributed by atoms with E-state index >= 15 is 0 Å². The number of aldehydes is 1. The zero-order chi connectivity index (χ0) is 5.82. The molecular weight excluding hydrogens is 173 g/mol. The van der Waals surface area contributed by atoms with Crippen molar-refractivity contribution in [3.63, 3.8) is 0 Å². The highest BCUT2D eigenvalue weighted by Crippen LogP contribution is 1.88. The number of halogens is 2. The van der Waals surface area contributed by atoms with Crippen LogP contribution in [0.25, 0.3) is 0 Å². The molecule has 56 valence electrons. The molecule has 0 aromatic carbocycles. The van der Waals surface area contributed by atoms with Crippen molar-refractivity contribution in [3.05, 3.63) is 30.1 Å². The van der Waals surface area contributed by atoms with Crippen LogP contribution in [-0.2, 0) is 0 Å². The van der Waals surface area contributed by atoms with Gasteiger partial charge in [-0.3, -0.25) is 9.78 Å². The summed E-state index contributed by atoms with van der Waals surface area (Å²) >= 11 is 0. The van der Waals surface area contributed by atoms with E-state index in [1.807, 2.05) is 0 Å². The van der Waals surface area contributed by atoms with E-state index in [-0.39, 0.29) is 24.8 Å². The number of carbonyl (C=O) groups excluding carboxylic acids is 1. The molecule has 1 aromatic heterocycles. The molecule has 2 nitrogen and oxygen atoms in total. The second-order valence-electron chi connectivity index (χ2n) is 1.40. The van der Waals surface area contributed by atoms with Gasteiger partial charge in [0.25, 0.3) is 0 Å². The number of hydrogen-bond acceptors (Lipinski definition) is 2. The number of aromatic nitrogens is 1. The van der Waals surface area contributed by atoms with Crippen LogP contribution in [0.2, 0.25) is 0 Å². The fourth-order valence-corrected chi connectivity index (χ4v) is 0.442. The Morgan fingerprint density at radius 2 is 1.70 bits per heavy atom. The molecule has 0 saturated carbocycles. The molecule has 0 fully saturated rings. The fraction of sp³-hybridized carbons (Fsp3) is 0. The highest BCUT2D eigenvalue weighted by Gasteiger charge is 1.80. The van der Waals surface area contributed by atoms with Gasteiger partial charge in [-0.2, -0.15) is 0 Å². The van der Waals surface area contributed by atoms with Gasteiger partial charge in [-0.15, -0.1) is 24.8 Å². The first-order valence-corrected chi connectivity index (χ1v) is 2.28. The quantitative estimate of drug-likeness (QED) is 0.616. The van der Waals surface area contributed by atoms with Gasteiger partial charge >= 0.3 is 0 Å². The summed E-state index contributed by atoms with van der Waals surface area (Å²) in [6, 6.07) is 3.32. The third-order valence-electron chi connectivity index (χ3n) is 0.842. The van der Waals surface area contributed by atoms with Gasteiger partial charge in [0.05, 0.1) is 0 Å². The van der Waals surface area contributed by atoms with Gasteiger partial charge < -0.3 is 0 Å². The van der Waals surface area contributed by atoms with Crippen molar-refractivity contribution < 1.29 is 4.79 Å². The van der Waals surface area contributed by atoms with E-state index in [1.165, 1.54) is 0 Å². The molecule has 10 heavy (non-hydrogen) atoms. The third kappa shape index (κ3) is 3.43. The Balaban J connectivity index is 0. The second kappa shape index (κ2) is 6.52. The lowest BCUT2D eigenvalue weighted by atomic mass is 10.3. The minimum absolute atomic E-state index is 0. The second-order valence-corrected chi connectivity index (χ2v) is 1.40. The molecule has 4 heteroatoms. The van der Waals surface area contributed by atoms with Crippen molar-refractivity contribution in [1.29, 1.82) is 0 Å². The lowest BCUT2D eigenvalue weighted by Gasteiger charge is -1.81. The number of pyridine rings is 1. The predicted octanol–water partition coefficient (Wildman–Crippen LogP) is 1.74. The number of nitrogens with zero attached hydrogens (tertiary/aromatic N) is 1. The van der Waals surface area contributed by atoms with Gasteiger partial charge in [0.2, 0.25) is 0 Å². The smallest absolute Gasteiger partial charge is 0.150 e. The Morgan fingerprint density at radius 3 is 2.00 bits per heavy atom. The average Bonchev–Trinajstić information content (AvgIpc) is 1.90. The van der Waals surface area contributed by atoms with Crippen molar-refractivity contribution in [3.8, 4) is 0 Å². The van der Waals surface area contributed by atoms with Gasteiger partial charge in [-0.25, -0.2) is 0 Å². The van der Waals surface area contributed by atoms with Crippen molar-refractivity contribution in [2.24, 2.45) is 0 Å². The van der Waals surface area contributed by atoms with Crippen LogP contribution in [-0.4, -0.2) is 11.3 Å². The first-order chi connectivity index (χ1) is 3.93. The zero-order valence-corrected chi connectivity index (χ0v) is 6.69. The van der Waals surface area contributed by atoms with Gasteiger partial charge in [-0.05, 0) is 12.1 Å². The molecule has 1 heterocycles. The van der Waals surface area contributed by atoms with Crippen LogP contribution in [0.5, 0.6) is 0 Å². The van der Waals surface area contributed by atoms with Gasteiger partial charge in [-0.1, -0.05) is 0 Å². The zero-order valence-electron chi connectivity index (χ0n) is 5.06. The molecule has 1 aromatic rings. The first-order valence-electron chi connectivity index (χ1n) is 2.28. The fourth-order valence-electron chi connectivity index (χ4n) is 0.442. The monoisotopic (exact) mass is 179 g/mol. The summed E-state index contributed by atoms with van der Waals surface area (Å²) in [6.07, 6.45) is 3.97. The highest BCUT2D eigenvalue weighted by atomic mass is 35.5. The molecule has 1 rings (SSSR count). The lowest BCUT2D eigenvalue weighted by Crippen LogP contribution is -1.76. The van der Waals surface area contributed by atoms with Crippen LogP contribution in [0.3, 0.4) is 0 Å². The maximum atomic E-state index is 9.98. The number of hydrogen-bond donors (Lipinski definition) is 0. The summed E-state index contributed by atoms with van der Waals surface area (Å²) in [7, 11) is 0. The molecule has 0 saturated heterocycles. The SMILES string of the molecule is Cl.Cl.O=Cc1ccncc1. The Labute approximate surface area is 71.5 Å². The van der Waals surface area contributed by atoms with Gasteiger partial charge in [0.15, 0.2) is 0 Å². The van der Waals surface area contributed by atoms with E-state index in [9.17, 15) is 4.79 Å². The molecule has 0 radical (unpaired) electrons. The molecular formula is C6H7Cl2NO. The summed E-state index contributed by atoms with van der Waals surface area (Å²) in [5, 5.41) is 0. The van der Waals surface area contributed by atoms with E-state index in [4.69, 9.17) is 0 Å². The number of rotatable bonds is 1. The highest BCUT2D eigenvalue weighted by molar-refractivity contribution is 5.85. The maximum Gasteiger partial charge on any atom is 0.150 e. The molecule has 0 amide bonds. The van der Waals surface area contributed by atoms with Crippen molar-refractivity contribution in [2.45, 2.75) is 0 Å². The minimum atomic E-state index is 0. The van der Waals surface area contributed by atoms with E-state index < -0.39 is 0 Å². The molecule has 0 aliphatic carbocycles. The third-order valence-corrected chi connectivity index (χ3v) is 0.842. The van der Waals surface area contributed by atoms with Crippen LogP contribution >= 0.6 is 24.8 Å². The summed E-state index contributed by atoms with van der Waals surface area (Å²) in [6.45, 7) is 0. The van der Waals surface area contributed by atoms with E-state index in [0.717, 1.165) is 6.29 Å². The normalized spacial score (nSPS) is 6.80. The Hall–Kier alpha value is -0.600. The summed E-state index contributed by atoms with van der Waals surface area (Å²) in [4.78, 5) is 13.7.